The Morgan fingerprint density at radius 2 is 1.21 bits per heavy atom. The van der Waals surface area contributed by atoms with Crippen LogP contribution in [-0.2, 0) is 4.79 Å². The summed E-state index contributed by atoms with van der Waals surface area (Å²) in [5, 5.41) is 8.62. The van der Waals surface area contributed by atoms with E-state index in [1.165, 1.54) is 96.3 Å². The number of hydrogen-bond acceptors (Lipinski definition) is 1. The average Bonchev–Trinajstić information content (AvgIpc) is 3.00. The molecule has 0 amide bonds. The highest BCUT2D eigenvalue weighted by Crippen LogP contribution is 2.38. The van der Waals surface area contributed by atoms with Crippen LogP contribution in [0.3, 0.4) is 0 Å². The Labute approximate surface area is 150 Å². The third kappa shape index (κ3) is 11.1. The van der Waals surface area contributed by atoms with E-state index in [2.05, 4.69) is 6.92 Å². The molecule has 24 heavy (non-hydrogen) atoms. The summed E-state index contributed by atoms with van der Waals surface area (Å²) >= 11 is 0. The van der Waals surface area contributed by atoms with E-state index in [-0.39, 0.29) is 0 Å². The molecule has 1 aliphatic rings. The lowest BCUT2D eigenvalue weighted by atomic mass is 9.86. The molecule has 2 heteroatoms. The van der Waals surface area contributed by atoms with Gasteiger partial charge in [-0.25, -0.2) is 0 Å². The summed E-state index contributed by atoms with van der Waals surface area (Å²) in [6, 6.07) is 0. The van der Waals surface area contributed by atoms with E-state index in [9.17, 15) is 4.79 Å². The Morgan fingerprint density at radius 3 is 1.71 bits per heavy atom. The van der Waals surface area contributed by atoms with Crippen molar-refractivity contribution in [1.29, 1.82) is 0 Å². The van der Waals surface area contributed by atoms with E-state index in [4.69, 9.17) is 5.11 Å². The molecule has 0 aromatic rings. The minimum Gasteiger partial charge on any atom is -0.481 e. The van der Waals surface area contributed by atoms with Gasteiger partial charge in [-0.2, -0.15) is 0 Å². The number of carboxylic acids is 1. The predicted molar refractivity (Wildman–Crippen MR) is 103 cm³/mol. The van der Waals surface area contributed by atoms with Crippen LogP contribution in [0.1, 0.15) is 122 Å². The first-order valence-corrected chi connectivity index (χ1v) is 11.0. The molecule has 0 aromatic heterocycles. The molecule has 142 valence electrons. The molecule has 1 rings (SSSR count). The number of unbranched alkanes of at least 4 members (excludes halogenated alkanes) is 10. The Bertz CT molecular complexity index is 300. The van der Waals surface area contributed by atoms with Crippen LogP contribution in [0.25, 0.3) is 0 Å². The minimum atomic E-state index is -0.646. The summed E-state index contributed by atoms with van der Waals surface area (Å²) in [5.41, 5.74) is 0. The predicted octanol–water partition coefficient (Wildman–Crippen LogP) is 7.36. The summed E-state index contributed by atoms with van der Waals surface area (Å²) in [7, 11) is 0. The van der Waals surface area contributed by atoms with E-state index in [1.54, 1.807) is 0 Å². The first-order chi connectivity index (χ1) is 11.7. The third-order valence-corrected chi connectivity index (χ3v) is 5.96. The number of hydrogen-bond donors (Lipinski definition) is 1. The standard InChI is InChI=1S/C22H42O2/c1-2-3-4-5-8-11-15-20-17-14-18-21(20)16-12-9-6-7-10-13-19-22(23)24/h20-21H,2-19H2,1H3,(H,23,24)/t20-,21-/m0/s1. The summed E-state index contributed by atoms with van der Waals surface area (Å²) in [6.45, 7) is 2.29. The highest BCUT2D eigenvalue weighted by Gasteiger charge is 2.25. The zero-order chi connectivity index (χ0) is 17.5. The van der Waals surface area contributed by atoms with Crippen LogP contribution in [0.2, 0.25) is 0 Å². The summed E-state index contributed by atoms with van der Waals surface area (Å²) in [6.07, 6.45) is 23.6. The van der Waals surface area contributed by atoms with Gasteiger partial charge in [0.05, 0.1) is 0 Å². The number of carboxylic acid groups (broad SMARTS) is 1. The van der Waals surface area contributed by atoms with Crippen molar-refractivity contribution in [2.45, 2.75) is 122 Å². The molecule has 1 aliphatic carbocycles. The Balaban J connectivity index is 1.94. The van der Waals surface area contributed by atoms with Crippen molar-refractivity contribution in [3.8, 4) is 0 Å². The lowest BCUT2D eigenvalue weighted by Crippen LogP contribution is -2.08. The van der Waals surface area contributed by atoms with Crippen molar-refractivity contribution < 1.29 is 9.90 Å². The molecule has 0 radical (unpaired) electrons. The van der Waals surface area contributed by atoms with Crippen LogP contribution in [0.15, 0.2) is 0 Å². The van der Waals surface area contributed by atoms with Gasteiger partial charge in [0.2, 0.25) is 0 Å². The maximum absolute atomic E-state index is 10.5. The summed E-state index contributed by atoms with van der Waals surface area (Å²) in [4.78, 5) is 10.5. The molecule has 1 fully saturated rings. The first kappa shape index (κ1) is 21.5. The SMILES string of the molecule is CCCCCCCC[C@H]1CCC[C@@H]1CCCCCCCCC(=O)O. The zero-order valence-electron chi connectivity index (χ0n) is 16.2. The van der Waals surface area contributed by atoms with E-state index in [0.717, 1.165) is 24.7 Å². The molecule has 2 atom stereocenters. The van der Waals surface area contributed by atoms with Crippen LogP contribution >= 0.6 is 0 Å². The Morgan fingerprint density at radius 1 is 0.750 bits per heavy atom. The van der Waals surface area contributed by atoms with Crippen molar-refractivity contribution in [3.63, 3.8) is 0 Å². The van der Waals surface area contributed by atoms with Crippen LogP contribution in [-0.4, -0.2) is 11.1 Å². The summed E-state index contributed by atoms with van der Waals surface area (Å²) in [5.74, 6) is 1.41. The van der Waals surface area contributed by atoms with Crippen LogP contribution in [0, 0.1) is 11.8 Å². The Kier molecular flexibility index (Phi) is 13.3. The maximum Gasteiger partial charge on any atom is 0.303 e. The second-order valence-electron chi connectivity index (χ2n) is 8.06. The van der Waals surface area contributed by atoms with Gasteiger partial charge >= 0.3 is 5.97 Å². The molecule has 0 bridgehead atoms. The van der Waals surface area contributed by atoms with Gasteiger partial charge in [0.25, 0.3) is 0 Å². The summed E-state index contributed by atoms with van der Waals surface area (Å²) < 4.78 is 0. The molecular weight excluding hydrogens is 296 g/mol. The zero-order valence-corrected chi connectivity index (χ0v) is 16.2. The lowest BCUT2D eigenvalue weighted by Gasteiger charge is -2.19. The molecule has 1 saturated carbocycles. The van der Waals surface area contributed by atoms with Gasteiger partial charge in [-0.15, -0.1) is 0 Å². The van der Waals surface area contributed by atoms with Crippen LogP contribution < -0.4 is 0 Å². The number of carbonyl (C=O) groups is 1. The van der Waals surface area contributed by atoms with Gasteiger partial charge in [-0.1, -0.05) is 110 Å². The van der Waals surface area contributed by atoms with Gasteiger partial charge in [-0.05, 0) is 18.3 Å². The van der Waals surface area contributed by atoms with Crippen LogP contribution in [0.5, 0.6) is 0 Å². The van der Waals surface area contributed by atoms with Crippen molar-refractivity contribution in [1.82, 2.24) is 0 Å². The molecular formula is C22H42O2. The van der Waals surface area contributed by atoms with Crippen LogP contribution in [0.4, 0.5) is 0 Å². The fourth-order valence-corrected chi connectivity index (χ4v) is 4.45. The fourth-order valence-electron chi connectivity index (χ4n) is 4.45. The van der Waals surface area contributed by atoms with Crippen molar-refractivity contribution in [3.05, 3.63) is 0 Å². The van der Waals surface area contributed by atoms with E-state index < -0.39 is 5.97 Å². The molecule has 0 spiro atoms. The van der Waals surface area contributed by atoms with Gasteiger partial charge in [0.15, 0.2) is 0 Å². The topological polar surface area (TPSA) is 37.3 Å². The number of aliphatic carboxylic acids is 1. The first-order valence-electron chi connectivity index (χ1n) is 11.0. The van der Waals surface area contributed by atoms with Crippen molar-refractivity contribution in [2.24, 2.45) is 11.8 Å². The highest BCUT2D eigenvalue weighted by molar-refractivity contribution is 5.66. The Hall–Kier alpha value is -0.530. The second kappa shape index (κ2) is 14.8. The molecule has 2 nitrogen and oxygen atoms in total. The second-order valence-corrected chi connectivity index (χ2v) is 8.06. The highest BCUT2D eigenvalue weighted by atomic mass is 16.4. The quantitative estimate of drug-likeness (QED) is 0.298. The molecule has 0 heterocycles. The maximum atomic E-state index is 10.5. The van der Waals surface area contributed by atoms with E-state index in [0.29, 0.717) is 6.42 Å². The van der Waals surface area contributed by atoms with Gasteiger partial charge < -0.3 is 5.11 Å². The van der Waals surface area contributed by atoms with Gasteiger partial charge in [0.1, 0.15) is 0 Å². The molecule has 0 saturated heterocycles. The fraction of sp³-hybridized carbons (Fsp3) is 0.955. The number of rotatable bonds is 16. The van der Waals surface area contributed by atoms with Gasteiger partial charge in [0, 0.05) is 6.42 Å². The van der Waals surface area contributed by atoms with Crippen molar-refractivity contribution >= 4 is 5.97 Å². The largest absolute Gasteiger partial charge is 0.481 e. The lowest BCUT2D eigenvalue weighted by molar-refractivity contribution is -0.137. The smallest absolute Gasteiger partial charge is 0.303 e. The minimum absolute atomic E-state index is 0.349. The van der Waals surface area contributed by atoms with Gasteiger partial charge in [-0.3, -0.25) is 4.79 Å². The molecule has 0 unspecified atom stereocenters. The van der Waals surface area contributed by atoms with E-state index >= 15 is 0 Å². The molecule has 0 aromatic carbocycles. The molecule has 0 aliphatic heterocycles. The molecule has 1 N–H and O–H groups in total. The third-order valence-electron chi connectivity index (χ3n) is 5.96. The average molecular weight is 339 g/mol. The van der Waals surface area contributed by atoms with Crippen molar-refractivity contribution in [2.75, 3.05) is 0 Å². The van der Waals surface area contributed by atoms with E-state index in [1.807, 2.05) is 0 Å². The monoisotopic (exact) mass is 338 g/mol. The normalized spacial score (nSPS) is 20.5.